The first-order valence-corrected chi connectivity index (χ1v) is 13.6. The summed E-state index contributed by atoms with van der Waals surface area (Å²) in [4.78, 5) is 13.0. The number of methoxy groups -OCH3 is 1. The number of hydrogen-bond donors (Lipinski definition) is 3. The van der Waals surface area contributed by atoms with Crippen molar-refractivity contribution in [1.82, 2.24) is 10.0 Å². The predicted molar refractivity (Wildman–Crippen MR) is 132 cm³/mol. The van der Waals surface area contributed by atoms with Crippen LogP contribution in [0, 0.1) is 6.92 Å². The van der Waals surface area contributed by atoms with E-state index in [1.54, 1.807) is 37.3 Å². The van der Waals surface area contributed by atoms with Crippen molar-refractivity contribution in [2.24, 2.45) is 5.14 Å². The van der Waals surface area contributed by atoms with Crippen LogP contribution in [-0.2, 0) is 37.8 Å². The third-order valence-corrected chi connectivity index (χ3v) is 7.69. The van der Waals surface area contributed by atoms with Crippen LogP contribution in [0.5, 0.6) is 5.75 Å². The Morgan fingerprint density at radius 3 is 2.11 bits per heavy atom. The van der Waals surface area contributed by atoms with Gasteiger partial charge in [-0.2, -0.15) is 4.72 Å². The second-order valence-corrected chi connectivity index (χ2v) is 11.2. The number of nitrogens with one attached hydrogen (secondary N) is 2. The number of rotatable bonds is 10. The molecule has 3 aromatic rings. The summed E-state index contributed by atoms with van der Waals surface area (Å²) in [6, 6.07) is 18.1. The first-order valence-electron chi connectivity index (χ1n) is 10.6. The minimum Gasteiger partial charge on any atom is -0.496 e. The summed E-state index contributed by atoms with van der Waals surface area (Å²) in [5.74, 6) is 0.0224. The standard InChI is InChI=1S/C24H27N3O6S2/c1-17-14-21(12-13-23(17)33-2)35(31,32)27-22(15-18-6-4-3-5-7-18)24(28)26-16-19-8-10-20(11-9-19)34(25,29)30/h3-14,22,27H,15-16H2,1-2H3,(H,26,28)(H2,25,29,30)/t22-/m0/s1. The lowest BCUT2D eigenvalue weighted by Gasteiger charge is -2.19. The van der Waals surface area contributed by atoms with Crippen LogP contribution in [0.2, 0.25) is 0 Å². The normalized spacial score (nSPS) is 12.7. The van der Waals surface area contributed by atoms with Gasteiger partial charge in [-0.15, -0.1) is 0 Å². The van der Waals surface area contributed by atoms with Crippen molar-refractivity contribution in [3.63, 3.8) is 0 Å². The van der Waals surface area contributed by atoms with Crippen molar-refractivity contribution in [3.8, 4) is 5.75 Å². The van der Waals surface area contributed by atoms with E-state index >= 15 is 0 Å². The zero-order chi connectivity index (χ0) is 25.6. The van der Waals surface area contributed by atoms with Crippen LogP contribution in [0.1, 0.15) is 16.7 Å². The van der Waals surface area contributed by atoms with Crippen molar-refractivity contribution in [3.05, 3.63) is 89.5 Å². The molecular formula is C24H27N3O6S2. The fourth-order valence-electron chi connectivity index (χ4n) is 3.42. The SMILES string of the molecule is COc1ccc(S(=O)(=O)N[C@@H](Cc2ccccc2)C(=O)NCc2ccc(S(N)(=O)=O)cc2)cc1C. The van der Waals surface area contributed by atoms with Gasteiger partial charge in [0.25, 0.3) is 0 Å². The number of ether oxygens (including phenoxy) is 1. The van der Waals surface area contributed by atoms with Gasteiger partial charge in [-0.3, -0.25) is 4.79 Å². The molecule has 3 aromatic carbocycles. The Hall–Kier alpha value is -3.25. The second kappa shape index (κ2) is 11.0. The van der Waals surface area contributed by atoms with Crippen LogP contribution in [0.15, 0.2) is 82.6 Å². The Morgan fingerprint density at radius 2 is 1.54 bits per heavy atom. The number of amides is 1. The molecule has 186 valence electrons. The molecular weight excluding hydrogens is 490 g/mol. The van der Waals surface area contributed by atoms with Gasteiger partial charge < -0.3 is 10.1 Å². The predicted octanol–water partition coefficient (Wildman–Crippen LogP) is 1.86. The molecule has 0 radical (unpaired) electrons. The minimum absolute atomic E-state index is 0.0141. The fraction of sp³-hybridized carbons (Fsp3) is 0.208. The van der Waals surface area contributed by atoms with Crippen LogP contribution in [0.25, 0.3) is 0 Å². The average Bonchev–Trinajstić information content (AvgIpc) is 2.82. The molecule has 0 aliphatic carbocycles. The van der Waals surface area contributed by atoms with Crippen molar-refractivity contribution >= 4 is 26.0 Å². The maximum absolute atomic E-state index is 13.1. The van der Waals surface area contributed by atoms with Crippen molar-refractivity contribution in [1.29, 1.82) is 0 Å². The molecule has 0 saturated carbocycles. The van der Waals surface area contributed by atoms with E-state index in [2.05, 4.69) is 10.0 Å². The smallest absolute Gasteiger partial charge is 0.241 e. The van der Waals surface area contributed by atoms with Gasteiger partial charge in [0, 0.05) is 6.54 Å². The van der Waals surface area contributed by atoms with E-state index in [0.29, 0.717) is 16.9 Å². The van der Waals surface area contributed by atoms with Crippen molar-refractivity contribution in [2.75, 3.05) is 7.11 Å². The van der Waals surface area contributed by atoms with E-state index in [1.165, 1.54) is 43.5 Å². The van der Waals surface area contributed by atoms with Crippen molar-refractivity contribution < 1.29 is 26.4 Å². The second-order valence-electron chi connectivity index (χ2n) is 7.90. The van der Waals surface area contributed by atoms with Crippen LogP contribution < -0.4 is 19.9 Å². The van der Waals surface area contributed by atoms with Crippen LogP contribution in [0.4, 0.5) is 0 Å². The van der Waals surface area contributed by atoms with Gasteiger partial charge in [-0.25, -0.2) is 22.0 Å². The van der Waals surface area contributed by atoms with E-state index in [0.717, 1.165) is 5.56 Å². The molecule has 35 heavy (non-hydrogen) atoms. The maximum atomic E-state index is 13.1. The summed E-state index contributed by atoms with van der Waals surface area (Å²) < 4.78 is 56.7. The summed E-state index contributed by atoms with van der Waals surface area (Å²) >= 11 is 0. The summed E-state index contributed by atoms with van der Waals surface area (Å²) in [6.45, 7) is 1.80. The lowest BCUT2D eigenvalue weighted by atomic mass is 10.1. The summed E-state index contributed by atoms with van der Waals surface area (Å²) in [6.07, 6.45) is 0.130. The Kier molecular flexibility index (Phi) is 8.28. The highest BCUT2D eigenvalue weighted by Crippen LogP contribution is 2.21. The highest BCUT2D eigenvalue weighted by atomic mass is 32.2. The quantitative estimate of drug-likeness (QED) is 0.374. The van der Waals surface area contributed by atoms with E-state index < -0.39 is 32.0 Å². The molecule has 0 aliphatic heterocycles. The first-order chi connectivity index (χ1) is 16.5. The van der Waals surface area contributed by atoms with E-state index in [4.69, 9.17) is 9.88 Å². The molecule has 4 N–H and O–H groups in total. The molecule has 0 fully saturated rings. The van der Waals surface area contributed by atoms with Gasteiger partial charge in [0.2, 0.25) is 26.0 Å². The number of hydrogen-bond acceptors (Lipinski definition) is 6. The third-order valence-electron chi connectivity index (χ3n) is 5.29. The minimum atomic E-state index is -4.02. The summed E-state index contributed by atoms with van der Waals surface area (Å²) in [7, 11) is -6.35. The monoisotopic (exact) mass is 517 g/mol. The summed E-state index contributed by atoms with van der Waals surface area (Å²) in [5, 5.41) is 7.82. The largest absolute Gasteiger partial charge is 0.496 e. The van der Waals surface area contributed by atoms with Gasteiger partial charge in [0.15, 0.2) is 0 Å². The Morgan fingerprint density at radius 1 is 0.914 bits per heavy atom. The molecule has 0 aromatic heterocycles. The number of carbonyl (C=O) groups is 1. The van der Waals surface area contributed by atoms with Crippen LogP contribution in [0.3, 0.4) is 0 Å². The number of benzene rings is 3. The molecule has 1 atom stereocenters. The highest BCUT2D eigenvalue weighted by molar-refractivity contribution is 7.89. The van der Waals surface area contributed by atoms with Crippen LogP contribution in [-0.4, -0.2) is 35.9 Å². The molecule has 3 rings (SSSR count). The molecule has 0 heterocycles. The molecule has 0 unspecified atom stereocenters. The first kappa shape index (κ1) is 26.4. The molecule has 9 nitrogen and oxygen atoms in total. The summed E-state index contributed by atoms with van der Waals surface area (Å²) in [5.41, 5.74) is 2.04. The molecule has 1 amide bonds. The molecule has 11 heteroatoms. The third kappa shape index (κ3) is 7.12. The van der Waals surface area contributed by atoms with E-state index in [9.17, 15) is 21.6 Å². The molecule has 0 bridgehead atoms. The number of sulfonamides is 2. The highest BCUT2D eigenvalue weighted by Gasteiger charge is 2.26. The van der Waals surface area contributed by atoms with Gasteiger partial charge in [0.05, 0.1) is 16.9 Å². The maximum Gasteiger partial charge on any atom is 0.241 e. The van der Waals surface area contributed by atoms with Gasteiger partial charge in [-0.1, -0.05) is 42.5 Å². The van der Waals surface area contributed by atoms with Gasteiger partial charge in [-0.05, 0) is 60.4 Å². The topological polar surface area (TPSA) is 145 Å². The zero-order valence-corrected chi connectivity index (χ0v) is 20.9. The number of carbonyl (C=O) groups excluding carboxylic acids is 1. The van der Waals surface area contributed by atoms with E-state index in [1.807, 2.05) is 6.07 Å². The number of primary sulfonamides is 1. The lowest BCUT2D eigenvalue weighted by molar-refractivity contribution is -0.122. The average molecular weight is 518 g/mol. The van der Waals surface area contributed by atoms with E-state index in [-0.39, 0.29) is 22.8 Å². The van der Waals surface area contributed by atoms with Crippen molar-refractivity contribution in [2.45, 2.75) is 35.7 Å². The van der Waals surface area contributed by atoms with Gasteiger partial charge in [0.1, 0.15) is 11.8 Å². The fourth-order valence-corrected chi connectivity index (χ4v) is 5.22. The Labute approximate surface area is 205 Å². The zero-order valence-electron chi connectivity index (χ0n) is 19.3. The Bertz CT molecular complexity index is 1390. The molecule has 0 aliphatic rings. The number of aryl methyl sites for hydroxylation is 1. The number of nitrogens with two attached hydrogens (primary N) is 1. The molecule has 0 spiro atoms. The Balaban J connectivity index is 1.79. The molecule has 0 saturated heterocycles. The van der Waals surface area contributed by atoms with Crippen LogP contribution >= 0.6 is 0 Å². The lowest BCUT2D eigenvalue weighted by Crippen LogP contribution is -2.47. The van der Waals surface area contributed by atoms with Gasteiger partial charge >= 0.3 is 0 Å².